The minimum atomic E-state index is -3.73. The van der Waals surface area contributed by atoms with Crippen LogP contribution in [0.3, 0.4) is 0 Å². The molecule has 0 fully saturated rings. The van der Waals surface area contributed by atoms with Gasteiger partial charge in [-0.1, -0.05) is 12.1 Å². The number of halogens is 1. The third kappa shape index (κ3) is 3.71. The molecule has 0 atom stereocenters. The van der Waals surface area contributed by atoms with Gasteiger partial charge in [0.05, 0.1) is 30.3 Å². The van der Waals surface area contributed by atoms with Crippen molar-refractivity contribution in [2.45, 2.75) is 31.8 Å². The lowest BCUT2D eigenvalue weighted by molar-refractivity contribution is 0.598. The Morgan fingerprint density at radius 3 is 2.52 bits per heavy atom. The Kier molecular flexibility index (Phi) is 4.58. The van der Waals surface area contributed by atoms with Crippen molar-refractivity contribution in [2.75, 3.05) is 4.72 Å². The second-order valence-corrected chi connectivity index (χ2v) is 7.22. The first-order valence-corrected chi connectivity index (χ1v) is 9.19. The Balaban J connectivity index is 1.76. The Labute approximate surface area is 145 Å². The van der Waals surface area contributed by atoms with Crippen LogP contribution in [0.25, 0.3) is 0 Å². The summed E-state index contributed by atoms with van der Waals surface area (Å²) in [5.41, 5.74) is 1.79. The van der Waals surface area contributed by atoms with Gasteiger partial charge in [-0.05, 0) is 31.5 Å². The van der Waals surface area contributed by atoms with Gasteiger partial charge in [0.1, 0.15) is 10.7 Å². The summed E-state index contributed by atoms with van der Waals surface area (Å²) in [6.45, 7) is 4.61. The minimum absolute atomic E-state index is 0.139. The van der Waals surface area contributed by atoms with E-state index >= 15 is 0 Å². The molecule has 0 amide bonds. The lowest BCUT2D eigenvalue weighted by atomic mass is 10.2. The molecule has 3 aromatic rings. The number of aryl methyl sites for hydroxylation is 1. The quantitative estimate of drug-likeness (QED) is 0.729. The lowest BCUT2D eigenvalue weighted by Gasteiger charge is -2.06. The molecule has 0 aliphatic heterocycles. The minimum Gasteiger partial charge on any atom is -0.276 e. The number of hydrogen-bond donors (Lipinski definition) is 1. The van der Waals surface area contributed by atoms with E-state index in [2.05, 4.69) is 14.9 Å². The number of nitrogens with one attached hydrogen (secondary N) is 1. The van der Waals surface area contributed by atoms with Crippen molar-refractivity contribution in [3.05, 3.63) is 59.9 Å². The highest BCUT2D eigenvalue weighted by molar-refractivity contribution is 7.92. The fourth-order valence-corrected chi connectivity index (χ4v) is 3.71. The third-order valence-electron chi connectivity index (χ3n) is 3.79. The highest BCUT2D eigenvalue weighted by Crippen LogP contribution is 2.19. The van der Waals surface area contributed by atoms with Crippen molar-refractivity contribution >= 4 is 15.7 Å². The van der Waals surface area contributed by atoms with E-state index in [1.807, 2.05) is 6.92 Å². The fraction of sp³-hybridized carbons (Fsp3) is 0.250. The summed E-state index contributed by atoms with van der Waals surface area (Å²) < 4.78 is 43.7. The second-order valence-electron chi connectivity index (χ2n) is 5.57. The van der Waals surface area contributed by atoms with E-state index in [1.54, 1.807) is 34.6 Å². The summed E-state index contributed by atoms with van der Waals surface area (Å²) >= 11 is 0. The average molecular weight is 363 g/mol. The van der Waals surface area contributed by atoms with Crippen LogP contribution >= 0.6 is 0 Å². The van der Waals surface area contributed by atoms with Crippen LogP contribution in [-0.2, 0) is 23.1 Å². The smallest absolute Gasteiger partial charge is 0.265 e. The van der Waals surface area contributed by atoms with Crippen LogP contribution in [-0.4, -0.2) is 28.0 Å². The molecule has 0 saturated heterocycles. The molecule has 0 spiro atoms. The summed E-state index contributed by atoms with van der Waals surface area (Å²) in [5, 5.41) is 8.19. The monoisotopic (exact) mass is 363 g/mol. The molecular weight excluding hydrogens is 345 g/mol. The molecule has 7 nitrogen and oxygen atoms in total. The van der Waals surface area contributed by atoms with Crippen LogP contribution in [0.5, 0.6) is 0 Å². The van der Waals surface area contributed by atoms with Gasteiger partial charge in [0.15, 0.2) is 0 Å². The normalized spacial score (nSPS) is 11.6. The van der Waals surface area contributed by atoms with E-state index in [0.717, 1.165) is 5.56 Å². The van der Waals surface area contributed by atoms with Crippen LogP contribution in [0, 0.1) is 12.7 Å². The third-order valence-corrected chi connectivity index (χ3v) is 5.27. The predicted molar refractivity (Wildman–Crippen MR) is 91.2 cm³/mol. The number of sulfonamides is 1. The first kappa shape index (κ1) is 17.2. The van der Waals surface area contributed by atoms with Crippen LogP contribution < -0.4 is 4.72 Å². The van der Waals surface area contributed by atoms with E-state index < -0.39 is 10.0 Å². The van der Waals surface area contributed by atoms with Crippen LogP contribution in [0.1, 0.15) is 18.2 Å². The molecular formula is C16H18FN5O2S. The molecule has 0 bridgehead atoms. The predicted octanol–water partition coefficient (Wildman–Crippen LogP) is 2.40. The number of rotatable bonds is 6. The molecule has 2 heterocycles. The number of aromatic nitrogens is 4. The average Bonchev–Trinajstić information content (AvgIpc) is 3.15. The van der Waals surface area contributed by atoms with Crippen molar-refractivity contribution in [3.63, 3.8) is 0 Å². The summed E-state index contributed by atoms with van der Waals surface area (Å²) in [4.78, 5) is 0.139. The Bertz CT molecular complexity index is 976. The molecule has 2 aromatic heterocycles. The van der Waals surface area contributed by atoms with Gasteiger partial charge in [-0.15, -0.1) is 0 Å². The first-order chi connectivity index (χ1) is 11.9. The van der Waals surface area contributed by atoms with Crippen molar-refractivity contribution < 1.29 is 12.8 Å². The molecule has 1 aromatic carbocycles. The Morgan fingerprint density at radius 2 is 1.88 bits per heavy atom. The molecule has 3 rings (SSSR count). The zero-order chi connectivity index (χ0) is 18.0. The maximum absolute atomic E-state index is 12.9. The topological polar surface area (TPSA) is 81.8 Å². The lowest BCUT2D eigenvalue weighted by Crippen LogP contribution is -2.13. The van der Waals surface area contributed by atoms with Crippen molar-refractivity contribution in [1.82, 2.24) is 19.6 Å². The molecule has 25 heavy (non-hydrogen) atoms. The largest absolute Gasteiger partial charge is 0.276 e. The zero-order valence-electron chi connectivity index (χ0n) is 13.8. The fourth-order valence-electron chi connectivity index (χ4n) is 2.50. The van der Waals surface area contributed by atoms with E-state index in [4.69, 9.17) is 0 Å². The van der Waals surface area contributed by atoms with Gasteiger partial charge < -0.3 is 0 Å². The molecule has 132 valence electrons. The van der Waals surface area contributed by atoms with E-state index in [0.29, 0.717) is 24.5 Å². The molecule has 0 saturated carbocycles. The Morgan fingerprint density at radius 1 is 1.16 bits per heavy atom. The molecule has 0 aliphatic carbocycles. The molecule has 0 aliphatic rings. The van der Waals surface area contributed by atoms with Gasteiger partial charge in [-0.2, -0.15) is 10.2 Å². The standard InChI is InChI=1S/C16H18FN5O2S/c1-3-22-12(2)16(9-19-22)25(23,24)20-15-8-18-21(11-15)10-13-4-6-14(17)7-5-13/h4-9,11,20H,3,10H2,1-2H3. The van der Waals surface area contributed by atoms with Crippen molar-refractivity contribution in [3.8, 4) is 0 Å². The van der Waals surface area contributed by atoms with Crippen molar-refractivity contribution in [2.24, 2.45) is 0 Å². The van der Waals surface area contributed by atoms with Crippen LogP contribution in [0.4, 0.5) is 10.1 Å². The van der Waals surface area contributed by atoms with Crippen molar-refractivity contribution in [1.29, 1.82) is 0 Å². The van der Waals surface area contributed by atoms with Gasteiger partial charge >= 0.3 is 0 Å². The first-order valence-electron chi connectivity index (χ1n) is 7.71. The van der Waals surface area contributed by atoms with E-state index in [-0.39, 0.29) is 10.7 Å². The summed E-state index contributed by atoms with van der Waals surface area (Å²) in [7, 11) is -3.73. The van der Waals surface area contributed by atoms with Gasteiger partial charge in [-0.3, -0.25) is 14.1 Å². The summed E-state index contributed by atoms with van der Waals surface area (Å²) in [6, 6.07) is 6.06. The van der Waals surface area contributed by atoms with Crippen LogP contribution in [0.15, 0.2) is 47.8 Å². The maximum Gasteiger partial charge on any atom is 0.265 e. The maximum atomic E-state index is 12.9. The van der Waals surface area contributed by atoms with Gasteiger partial charge in [0.25, 0.3) is 10.0 Å². The van der Waals surface area contributed by atoms with Gasteiger partial charge in [0, 0.05) is 12.7 Å². The molecule has 0 radical (unpaired) electrons. The highest BCUT2D eigenvalue weighted by atomic mass is 32.2. The van der Waals surface area contributed by atoms with E-state index in [1.165, 1.54) is 24.5 Å². The number of nitrogens with zero attached hydrogens (tertiary/aromatic N) is 4. The SMILES string of the molecule is CCn1ncc(S(=O)(=O)Nc2cnn(Cc3ccc(F)cc3)c2)c1C. The molecule has 9 heteroatoms. The highest BCUT2D eigenvalue weighted by Gasteiger charge is 2.21. The number of anilines is 1. The van der Waals surface area contributed by atoms with Crippen LogP contribution in [0.2, 0.25) is 0 Å². The number of hydrogen-bond acceptors (Lipinski definition) is 4. The number of benzene rings is 1. The van der Waals surface area contributed by atoms with Gasteiger partial charge in [0.2, 0.25) is 0 Å². The second kappa shape index (κ2) is 6.67. The molecule has 0 unspecified atom stereocenters. The molecule has 1 N–H and O–H groups in total. The Hall–Kier alpha value is -2.68. The summed E-state index contributed by atoms with van der Waals surface area (Å²) in [5.74, 6) is -0.305. The summed E-state index contributed by atoms with van der Waals surface area (Å²) in [6.07, 6.45) is 4.35. The zero-order valence-corrected chi connectivity index (χ0v) is 14.7. The van der Waals surface area contributed by atoms with Gasteiger partial charge in [-0.25, -0.2) is 12.8 Å². The van der Waals surface area contributed by atoms with E-state index in [9.17, 15) is 12.8 Å².